The Labute approximate surface area is 223 Å². The van der Waals surface area contributed by atoms with Crippen LogP contribution in [0.25, 0.3) is 0 Å². The van der Waals surface area contributed by atoms with Crippen molar-refractivity contribution in [1.29, 1.82) is 0 Å². The number of fused-ring (bicyclic) bond motifs is 1. The van der Waals surface area contributed by atoms with E-state index in [1.54, 1.807) is 21.9 Å². The molecule has 2 heterocycles. The molecule has 0 aromatic heterocycles. The number of amides is 2. The van der Waals surface area contributed by atoms with E-state index in [1.807, 2.05) is 73.8 Å². The molecule has 2 aliphatic rings. The van der Waals surface area contributed by atoms with Crippen molar-refractivity contribution in [2.45, 2.75) is 38.4 Å². The number of para-hydroxylation sites is 1. The SMILES string of the molecule is CN(Cc1ccccc1)C(=O)C1CCN(C(=O)C2Cc3ccccc3[N+]2([O-])Cc2ccc(Cl)cc2)CC1. The van der Waals surface area contributed by atoms with Gasteiger partial charge in [-0.2, -0.15) is 0 Å². The lowest BCUT2D eigenvalue weighted by Crippen LogP contribution is -2.58. The molecule has 0 bridgehead atoms. The molecule has 2 aliphatic heterocycles. The van der Waals surface area contributed by atoms with Crippen molar-refractivity contribution in [3.63, 3.8) is 0 Å². The van der Waals surface area contributed by atoms with Crippen molar-refractivity contribution in [1.82, 2.24) is 14.4 Å². The van der Waals surface area contributed by atoms with Crippen molar-refractivity contribution in [2.24, 2.45) is 5.92 Å². The molecular weight excluding hydrogens is 486 g/mol. The zero-order chi connectivity index (χ0) is 26.0. The summed E-state index contributed by atoms with van der Waals surface area (Å²) in [7, 11) is 1.84. The Balaban J connectivity index is 1.26. The van der Waals surface area contributed by atoms with Crippen LogP contribution in [0.15, 0.2) is 78.9 Å². The first-order valence-corrected chi connectivity index (χ1v) is 13.2. The Bertz CT molecular complexity index is 1260. The lowest BCUT2D eigenvalue weighted by atomic mass is 9.94. The van der Waals surface area contributed by atoms with Crippen LogP contribution in [0.1, 0.15) is 29.5 Å². The first-order chi connectivity index (χ1) is 17.8. The summed E-state index contributed by atoms with van der Waals surface area (Å²) >= 11 is 6.05. The average molecular weight is 518 g/mol. The van der Waals surface area contributed by atoms with Gasteiger partial charge in [-0.25, -0.2) is 0 Å². The van der Waals surface area contributed by atoms with Gasteiger partial charge in [0.15, 0.2) is 6.04 Å². The van der Waals surface area contributed by atoms with E-state index in [0.717, 1.165) is 16.7 Å². The summed E-state index contributed by atoms with van der Waals surface area (Å²) in [6, 6.07) is 24.0. The largest absolute Gasteiger partial charge is 0.627 e. The molecule has 192 valence electrons. The minimum absolute atomic E-state index is 0.112. The van der Waals surface area contributed by atoms with E-state index < -0.39 is 10.7 Å². The normalized spacial score (nSPS) is 21.5. The second-order valence-electron chi connectivity index (χ2n) is 10.2. The predicted octanol–water partition coefficient (Wildman–Crippen LogP) is 5.17. The maximum absolute atomic E-state index is 14.4. The highest BCUT2D eigenvalue weighted by atomic mass is 35.5. The zero-order valence-electron chi connectivity index (χ0n) is 21.1. The second-order valence-corrected chi connectivity index (χ2v) is 10.6. The van der Waals surface area contributed by atoms with Crippen molar-refractivity contribution in [3.8, 4) is 0 Å². The molecule has 1 saturated heterocycles. The molecular formula is C30H32ClN3O3. The van der Waals surface area contributed by atoms with E-state index in [0.29, 0.717) is 49.6 Å². The highest BCUT2D eigenvalue weighted by Gasteiger charge is 2.47. The van der Waals surface area contributed by atoms with Crippen LogP contribution in [0.5, 0.6) is 0 Å². The lowest BCUT2D eigenvalue weighted by molar-refractivity contribution is -0.142. The summed E-state index contributed by atoms with van der Waals surface area (Å²) in [5.41, 5.74) is 3.53. The van der Waals surface area contributed by atoms with Crippen LogP contribution in [0.3, 0.4) is 0 Å². The number of carbonyl (C=O) groups is 2. The van der Waals surface area contributed by atoms with Crippen LogP contribution in [-0.2, 0) is 29.1 Å². The monoisotopic (exact) mass is 517 g/mol. The topological polar surface area (TPSA) is 63.7 Å². The molecule has 7 heteroatoms. The number of hydrogen-bond donors (Lipinski definition) is 0. The van der Waals surface area contributed by atoms with Gasteiger partial charge >= 0.3 is 0 Å². The van der Waals surface area contributed by atoms with Crippen molar-refractivity contribution >= 4 is 29.1 Å². The number of likely N-dealkylation sites (tertiary alicyclic amines) is 1. The van der Waals surface area contributed by atoms with Crippen LogP contribution in [0.4, 0.5) is 5.69 Å². The molecule has 0 saturated carbocycles. The van der Waals surface area contributed by atoms with Crippen molar-refractivity contribution in [2.75, 3.05) is 20.1 Å². The number of hydrogen-bond acceptors (Lipinski definition) is 3. The van der Waals surface area contributed by atoms with Crippen LogP contribution in [0.2, 0.25) is 5.02 Å². The molecule has 6 nitrogen and oxygen atoms in total. The lowest BCUT2D eigenvalue weighted by Gasteiger charge is -2.45. The molecule has 0 aliphatic carbocycles. The molecule has 2 unspecified atom stereocenters. The van der Waals surface area contributed by atoms with Gasteiger partial charge in [0, 0.05) is 55.2 Å². The van der Waals surface area contributed by atoms with Gasteiger partial charge in [-0.1, -0.05) is 72.3 Å². The van der Waals surface area contributed by atoms with Gasteiger partial charge in [0.1, 0.15) is 12.2 Å². The number of nitrogens with zero attached hydrogens (tertiary/aromatic N) is 3. The number of hydroxylamine groups is 2. The molecule has 3 aromatic carbocycles. The van der Waals surface area contributed by atoms with Gasteiger partial charge in [0.05, 0.1) is 0 Å². The second kappa shape index (κ2) is 10.7. The summed E-state index contributed by atoms with van der Waals surface area (Å²) in [5, 5.41) is 15.0. The molecule has 0 spiro atoms. The van der Waals surface area contributed by atoms with E-state index >= 15 is 0 Å². The van der Waals surface area contributed by atoms with E-state index in [1.165, 1.54) is 0 Å². The highest BCUT2D eigenvalue weighted by molar-refractivity contribution is 6.30. The van der Waals surface area contributed by atoms with Crippen molar-refractivity contribution in [3.05, 3.63) is 106 Å². The fourth-order valence-corrected chi connectivity index (χ4v) is 5.83. The maximum atomic E-state index is 14.4. The van der Waals surface area contributed by atoms with Gasteiger partial charge in [0.2, 0.25) is 5.91 Å². The summed E-state index contributed by atoms with van der Waals surface area (Å²) in [6.07, 6.45) is 1.64. The van der Waals surface area contributed by atoms with Gasteiger partial charge in [-0.15, -0.1) is 0 Å². The third-order valence-corrected chi connectivity index (χ3v) is 7.98. The standard InChI is InChI=1S/C30H32ClN3O3/c1-32(20-22-7-3-2-4-8-22)29(35)24-15-17-33(18-16-24)30(36)28-19-25-9-5-6-10-27(25)34(28,37)21-23-11-13-26(31)14-12-23/h2-14,24,28H,15-21H2,1H3. The zero-order valence-corrected chi connectivity index (χ0v) is 21.8. The van der Waals surface area contributed by atoms with Crippen LogP contribution >= 0.6 is 11.6 Å². The predicted molar refractivity (Wildman–Crippen MR) is 146 cm³/mol. The molecule has 0 radical (unpaired) electrons. The Hall–Kier alpha value is -3.19. The number of halogens is 1. The molecule has 37 heavy (non-hydrogen) atoms. The summed E-state index contributed by atoms with van der Waals surface area (Å²) in [5.74, 6) is -0.122. The summed E-state index contributed by atoms with van der Waals surface area (Å²) in [6.45, 7) is 1.72. The van der Waals surface area contributed by atoms with Gasteiger partial charge in [-0.3, -0.25) is 9.59 Å². The Morgan fingerprint density at radius 3 is 2.30 bits per heavy atom. The van der Waals surface area contributed by atoms with Crippen molar-refractivity contribution < 1.29 is 9.59 Å². The fraction of sp³-hybridized carbons (Fsp3) is 0.333. The Morgan fingerprint density at radius 2 is 1.59 bits per heavy atom. The molecule has 5 rings (SSSR count). The minimum Gasteiger partial charge on any atom is -0.627 e. The number of piperidine rings is 1. The van der Waals surface area contributed by atoms with Crippen LogP contribution in [-0.4, -0.2) is 47.8 Å². The van der Waals surface area contributed by atoms with E-state index in [2.05, 4.69) is 0 Å². The van der Waals surface area contributed by atoms with Crippen LogP contribution in [0, 0.1) is 11.1 Å². The number of quaternary nitrogens is 1. The molecule has 1 fully saturated rings. The first kappa shape index (κ1) is 25.5. The fourth-order valence-electron chi connectivity index (χ4n) is 5.70. The number of rotatable bonds is 6. The van der Waals surface area contributed by atoms with Gasteiger partial charge in [0.25, 0.3) is 5.91 Å². The third-order valence-electron chi connectivity index (χ3n) is 7.73. The Kier molecular flexibility index (Phi) is 7.33. The summed E-state index contributed by atoms with van der Waals surface area (Å²) in [4.78, 5) is 30.4. The van der Waals surface area contributed by atoms with E-state index in [4.69, 9.17) is 11.6 Å². The number of carbonyl (C=O) groups excluding carboxylic acids is 2. The first-order valence-electron chi connectivity index (χ1n) is 12.8. The smallest absolute Gasteiger partial charge is 0.282 e. The molecule has 0 N–H and O–H groups in total. The van der Waals surface area contributed by atoms with Crippen LogP contribution < -0.4 is 4.65 Å². The quantitative estimate of drug-likeness (QED) is 0.335. The highest BCUT2D eigenvalue weighted by Crippen LogP contribution is 2.41. The third kappa shape index (κ3) is 5.28. The molecule has 3 aromatic rings. The maximum Gasteiger partial charge on any atom is 0.282 e. The van der Waals surface area contributed by atoms with E-state index in [-0.39, 0.29) is 24.3 Å². The van der Waals surface area contributed by atoms with Gasteiger partial charge < -0.3 is 19.7 Å². The van der Waals surface area contributed by atoms with Gasteiger partial charge in [-0.05, 0) is 36.6 Å². The molecule has 2 amide bonds. The minimum atomic E-state index is -0.735. The van der Waals surface area contributed by atoms with E-state index in [9.17, 15) is 14.8 Å². The Morgan fingerprint density at radius 1 is 0.946 bits per heavy atom. The summed E-state index contributed by atoms with van der Waals surface area (Å²) < 4.78 is -0.699. The average Bonchev–Trinajstić information content (AvgIpc) is 3.22. The number of benzene rings is 3. The molecule has 2 atom stereocenters.